The molecule has 0 unspecified atom stereocenters. The van der Waals surface area contributed by atoms with E-state index in [1.807, 2.05) is 0 Å². The lowest BCUT2D eigenvalue weighted by molar-refractivity contribution is -0.354. The minimum atomic E-state index is -1.91. The van der Waals surface area contributed by atoms with Crippen molar-refractivity contribution in [1.82, 2.24) is 0 Å². The normalized spacial score (nSPS) is 33.0. The van der Waals surface area contributed by atoms with Gasteiger partial charge < -0.3 is 74.4 Å². The summed E-state index contributed by atoms with van der Waals surface area (Å²) in [7, 11) is 0. The van der Waals surface area contributed by atoms with Crippen LogP contribution in [0.25, 0.3) is 22.3 Å². The van der Waals surface area contributed by atoms with Gasteiger partial charge in [0.15, 0.2) is 29.7 Å². The number of phenolic OH excluding ortho intramolecular Hbond substituents is 4. The highest BCUT2D eigenvalue weighted by Crippen LogP contribution is 2.40. The molecule has 5 rings (SSSR count). The van der Waals surface area contributed by atoms with Crippen LogP contribution in [0, 0.1) is 0 Å². The minimum Gasteiger partial charge on any atom is -0.508 e. The third-order valence-corrected chi connectivity index (χ3v) is 7.31. The summed E-state index contributed by atoms with van der Waals surface area (Å²) in [5.74, 6) is -3.40. The van der Waals surface area contributed by atoms with Crippen molar-refractivity contribution in [2.75, 3.05) is 6.61 Å². The predicted octanol–water partition coefficient (Wildman–Crippen LogP) is -1.69. The van der Waals surface area contributed by atoms with Crippen molar-refractivity contribution < 1.29 is 74.4 Å². The molecule has 0 aliphatic carbocycles. The van der Waals surface area contributed by atoms with Crippen LogP contribution in [0.4, 0.5) is 0 Å². The Morgan fingerprint density at radius 2 is 1.51 bits per heavy atom. The van der Waals surface area contributed by atoms with E-state index < -0.39 is 113 Å². The maximum atomic E-state index is 13.7. The quantitative estimate of drug-likeness (QED) is 0.140. The lowest BCUT2D eigenvalue weighted by Gasteiger charge is -2.45. The summed E-state index contributed by atoms with van der Waals surface area (Å²) in [6.07, 6.45) is -16.7. The second kappa shape index (κ2) is 11.8. The van der Waals surface area contributed by atoms with Crippen LogP contribution >= 0.6 is 0 Å². The van der Waals surface area contributed by atoms with Crippen molar-refractivity contribution in [3.63, 3.8) is 0 Å². The third-order valence-electron chi connectivity index (χ3n) is 7.31. The molecule has 0 radical (unpaired) electrons. The molecule has 10 atom stereocenters. The van der Waals surface area contributed by atoms with Gasteiger partial charge in [0.25, 0.3) is 0 Å². The molecule has 0 bridgehead atoms. The molecule has 2 aliphatic rings. The summed E-state index contributed by atoms with van der Waals surface area (Å²) in [6, 6.07) is 5.21. The summed E-state index contributed by atoms with van der Waals surface area (Å²) in [5, 5.41) is 102. The number of fused-ring (bicyclic) bond motifs is 1. The Hall–Kier alpha value is -3.71. The van der Waals surface area contributed by atoms with E-state index in [0.29, 0.717) is 0 Å². The molecule has 2 aliphatic heterocycles. The van der Waals surface area contributed by atoms with Crippen molar-refractivity contribution in [2.24, 2.45) is 0 Å². The maximum absolute atomic E-state index is 13.7. The highest BCUT2D eigenvalue weighted by Gasteiger charge is 2.51. The fourth-order valence-corrected chi connectivity index (χ4v) is 4.92. The molecule has 43 heavy (non-hydrogen) atoms. The second-order valence-corrected chi connectivity index (χ2v) is 10.2. The highest BCUT2D eigenvalue weighted by molar-refractivity contribution is 5.88. The zero-order chi connectivity index (χ0) is 31.3. The van der Waals surface area contributed by atoms with E-state index in [-0.39, 0.29) is 11.1 Å². The van der Waals surface area contributed by atoms with Gasteiger partial charge in [-0.25, -0.2) is 0 Å². The van der Waals surface area contributed by atoms with Crippen molar-refractivity contribution in [3.05, 3.63) is 40.6 Å². The van der Waals surface area contributed by atoms with E-state index in [9.17, 15) is 55.9 Å². The summed E-state index contributed by atoms with van der Waals surface area (Å²) in [5.41, 5.74) is -1.39. The lowest BCUT2D eigenvalue weighted by Crippen LogP contribution is -2.64. The first-order chi connectivity index (χ1) is 20.3. The summed E-state index contributed by atoms with van der Waals surface area (Å²) in [4.78, 5) is 13.7. The average Bonchev–Trinajstić information content (AvgIpc) is 2.96. The number of hydrogen-bond donors (Lipinski definition) is 10. The topological polar surface area (TPSA) is 269 Å². The second-order valence-electron chi connectivity index (χ2n) is 10.2. The molecule has 1 aromatic heterocycles. The average molecular weight is 611 g/mol. The van der Waals surface area contributed by atoms with Crippen molar-refractivity contribution in [2.45, 2.75) is 68.3 Å². The number of aromatic hydroxyl groups is 4. The molecule has 2 fully saturated rings. The van der Waals surface area contributed by atoms with Crippen LogP contribution in [-0.4, -0.2) is 119 Å². The Labute approximate surface area is 241 Å². The van der Waals surface area contributed by atoms with Crippen LogP contribution in [-0.2, 0) is 14.2 Å². The predicted molar refractivity (Wildman–Crippen MR) is 140 cm³/mol. The molecule has 3 aromatic rings. The van der Waals surface area contributed by atoms with E-state index in [4.69, 9.17) is 23.4 Å². The zero-order valence-corrected chi connectivity index (χ0v) is 22.3. The van der Waals surface area contributed by atoms with Gasteiger partial charge in [0.05, 0.1) is 12.7 Å². The molecule has 16 heteroatoms. The van der Waals surface area contributed by atoms with Gasteiger partial charge in [0.1, 0.15) is 59.1 Å². The van der Waals surface area contributed by atoms with Gasteiger partial charge in [-0.1, -0.05) is 0 Å². The fraction of sp³-hybridized carbons (Fsp3) is 0.444. The first-order valence-electron chi connectivity index (χ1n) is 13.0. The number of phenols is 4. The first-order valence-corrected chi connectivity index (χ1v) is 13.0. The molecule has 2 saturated heterocycles. The Bertz CT molecular complexity index is 1540. The Morgan fingerprint density at radius 3 is 2.19 bits per heavy atom. The largest absolute Gasteiger partial charge is 0.508 e. The van der Waals surface area contributed by atoms with Gasteiger partial charge in [0, 0.05) is 17.7 Å². The molecule has 3 heterocycles. The summed E-state index contributed by atoms with van der Waals surface area (Å²) >= 11 is 0. The number of benzene rings is 2. The van der Waals surface area contributed by atoms with Gasteiger partial charge in [-0.3, -0.25) is 4.79 Å². The molecule has 16 nitrogen and oxygen atoms in total. The van der Waals surface area contributed by atoms with E-state index in [1.54, 1.807) is 0 Å². The van der Waals surface area contributed by atoms with Crippen molar-refractivity contribution in [3.8, 4) is 40.1 Å². The molecular weight excluding hydrogens is 580 g/mol. The van der Waals surface area contributed by atoms with Gasteiger partial charge in [-0.05, 0) is 25.1 Å². The molecule has 10 N–H and O–H groups in total. The smallest absolute Gasteiger partial charge is 0.239 e. The van der Waals surface area contributed by atoms with E-state index in [0.717, 1.165) is 24.3 Å². The number of ether oxygens (including phenoxy) is 4. The van der Waals surface area contributed by atoms with E-state index in [1.165, 1.54) is 13.0 Å². The number of aliphatic hydroxyl groups excluding tert-OH is 6. The van der Waals surface area contributed by atoms with Crippen LogP contribution < -0.4 is 10.2 Å². The van der Waals surface area contributed by atoms with Gasteiger partial charge >= 0.3 is 0 Å². The van der Waals surface area contributed by atoms with Crippen LogP contribution in [0.5, 0.6) is 28.7 Å². The number of rotatable bonds is 6. The number of aliphatic hydroxyl groups is 6. The zero-order valence-electron chi connectivity index (χ0n) is 22.3. The van der Waals surface area contributed by atoms with Crippen molar-refractivity contribution >= 4 is 11.0 Å². The molecule has 0 saturated carbocycles. The Morgan fingerprint density at radius 1 is 0.791 bits per heavy atom. The van der Waals surface area contributed by atoms with Crippen LogP contribution in [0.3, 0.4) is 0 Å². The van der Waals surface area contributed by atoms with Crippen LogP contribution in [0.2, 0.25) is 0 Å². The maximum Gasteiger partial charge on any atom is 0.239 e. The van der Waals surface area contributed by atoms with E-state index in [2.05, 4.69) is 0 Å². The summed E-state index contributed by atoms with van der Waals surface area (Å²) < 4.78 is 28.3. The first kappa shape index (κ1) is 30.7. The number of hydrogen-bond acceptors (Lipinski definition) is 16. The van der Waals surface area contributed by atoms with Crippen LogP contribution in [0.1, 0.15) is 6.92 Å². The third kappa shape index (κ3) is 5.55. The van der Waals surface area contributed by atoms with Crippen LogP contribution in [0.15, 0.2) is 39.5 Å². The molecule has 2 aromatic carbocycles. The SMILES string of the molecule is C[C@@H]1O[C@@H](O[C@H]2[C@@H](Oc3c(-c4ccc(O)c(O)c4)oc4cc(O)cc(O)c4c3=O)O[C@H](CO)[C@H](O)[C@@H]2O)[C@H](O)[C@H](O)[C@@H]1O. The Balaban J connectivity index is 1.62. The molecule has 0 spiro atoms. The summed E-state index contributed by atoms with van der Waals surface area (Å²) in [6.45, 7) is 0.541. The van der Waals surface area contributed by atoms with Gasteiger partial charge in [-0.2, -0.15) is 0 Å². The molecule has 234 valence electrons. The van der Waals surface area contributed by atoms with Crippen molar-refractivity contribution in [1.29, 1.82) is 0 Å². The highest BCUT2D eigenvalue weighted by atomic mass is 16.8. The van der Waals surface area contributed by atoms with E-state index >= 15 is 0 Å². The lowest BCUT2D eigenvalue weighted by atomic mass is 9.97. The fourth-order valence-electron chi connectivity index (χ4n) is 4.92. The molecular formula is C27H30O16. The standard InChI is InChI=1S/C27H30O16/c1-8-17(33)20(36)22(38)26(39-8)43-25-21(37)18(34)15(7-28)41-27(25)42-24-19(35)16-13(32)5-10(29)6-14(16)40-23(24)9-2-3-11(30)12(31)4-9/h2-6,8,15,17-18,20-22,25-34,36-38H,7H2,1H3/t8-,15+,17+,18-,20+,21-,22+,25+,26-,27+/m0/s1. The van der Waals surface area contributed by atoms with Gasteiger partial charge in [0.2, 0.25) is 17.5 Å². The van der Waals surface area contributed by atoms with Gasteiger partial charge in [-0.15, -0.1) is 0 Å². The minimum absolute atomic E-state index is 0.0447. The molecule has 0 amide bonds. The Kier molecular flexibility index (Phi) is 8.41. The monoisotopic (exact) mass is 610 g/mol.